The van der Waals surface area contributed by atoms with Gasteiger partial charge in [-0.1, -0.05) is 6.92 Å². The molecule has 1 saturated carbocycles. The van der Waals surface area contributed by atoms with Gasteiger partial charge in [-0.3, -0.25) is 14.5 Å². The smallest absolute Gasteiger partial charge is 0.345 e. The lowest BCUT2D eigenvalue weighted by atomic mass is 10.00. The molecule has 2 amide bonds. The monoisotopic (exact) mass is 293 g/mol. The Morgan fingerprint density at radius 3 is 2.40 bits per heavy atom. The first-order valence-corrected chi connectivity index (χ1v) is 7.46. The Morgan fingerprint density at radius 2 is 1.90 bits per heavy atom. The molecule has 5 nitrogen and oxygen atoms in total. The van der Waals surface area contributed by atoms with Crippen molar-refractivity contribution in [3.63, 3.8) is 0 Å². The number of likely N-dealkylation sites (tertiary alicyclic amines) is 1. The summed E-state index contributed by atoms with van der Waals surface area (Å²) in [5, 5.41) is 8.89. The molecule has 2 heterocycles. The van der Waals surface area contributed by atoms with Crippen LogP contribution in [0.1, 0.15) is 34.3 Å². The maximum Gasteiger partial charge on any atom is 0.345 e. The minimum atomic E-state index is -0.981. The third-order valence-electron chi connectivity index (χ3n) is 4.15. The minimum absolute atomic E-state index is 0.0883. The predicted molar refractivity (Wildman–Crippen MR) is 72.2 cm³/mol. The summed E-state index contributed by atoms with van der Waals surface area (Å²) >= 11 is 1.11. The first-order chi connectivity index (χ1) is 9.47. The molecule has 1 aromatic heterocycles. The normalized spacial score (nSPS) is 29.1. The van der Waals surface area contributed by atoms with Gasteiger partial charge in [0.05, 0.1) is 18.4 Å². The lowest BCUT2D eigenvalue weighted by Gasteiger charge is -2.15. The summed E-state index contributed by atoms with van der Waals surface area (Å²) in [4.78, 5) is 37.7. The molecule has 0 spiro atoms. The van der Waals surface area contributed by atoms with Gasteiger partial charge in [0.25, 0.3) is 0 Å². The van der Waals surface area contributed by atoms with Crippen molar-refractivity contribution in [2.24, 2.45) is 17.8 Å². The average molecular weight is 293 g/mol. The van der Waals surface area contributed by atoms with Crippen LogP contribution in [0.4, 0.5) is 0 Å². The van der Waals surface area contributed by atoms with E-state index in [1.165, 1.54) is 11.0 Å². The molecule has 0 bridgehead atoms. The lowest BCUT2D eigenvalue weighted by molar-refractivity contribution is -0.141. The molecule has 20 heavy (non-hydrogen) atoms. The Bertz CT molecular complexity index is 570. The van der Waals surface area contributed by atoms with E-state index in [0.717, 1.165) is 29.1 Å². The number of rotatable bonds is 3. The van der Waals surface area contributed by atoms with Gasteiger partial charge < -0.3 is 5.11 Å². The van der Waals surface area contributed by atoms with Crippen LogP contribution in [-0.2, 0) is 16.1 Å². The first-order valence-electron chi connectivity index (χ1n) is 6.64. The zero-order chi connectivity index (χ0) is 14.4. The van der Waals surface area contributed by atoms with Crippen molar-refractivity contribution in [3.8, 4) is 0 Å². The highest BCUT2D eigenvalue weighted by Gasteiger charge is 2.51. The van der Waals surface area contributed by atoms with E-state index < -0.39 is 5.97 Å². The van der Waals surface area contributed by atoms with Gasteiger partial charge in [-0.25, -0.2) is 4.79 Å². The number of thiophene rings is 1. The van der Waals surface area contributed by atoms with Gasteiger partial charge >= 0.3 is 5.97 Å². The van der Waals surface area contributed by atoms with Gasteiger partial charge in [0.15, 0.2) is 0 Å². The van der Waals surface area contributed by atoms with Crippen molar-refractivity contribution in [1.82, 2.24) is 4.90 Å². The third-order valence-corrected chi connectivity index (χ3v) is 5.21. The van der Waals surface area contributed by atoms with Crippen LogP contribution in [0.15, 0.2) is 12.1 Å². The van der Waals surface area contributed by atoms with Gasteiger partial charge in [0, 0.05) is 4.88 Å². The Balaban J connectivity index is 1.76. The zero-order valence-electron chi connectivity index (χ0n) is 11.0. The quantitative estimate of drug-likeness (QED) is 0.865. The van der Waals surface area contributed by atoms with E-state index in [9.17, 15) is 14.4 Å². The van der Waals surface area contributed by atoms with Crippen LogP contribution in [0.5, 0.6) is 0 Å². The second kappa shape index (κ2) is 4.70. The largest absolute Gasteiger partial charge is 0.477 e. The number of amides is 2. The number of carboxylic acid groups (broad SMARTS) is 1. The third kappa shape index (κ3) is 2.04. The Hall–Kier alpha value is -1.69. The number of carboxylic acids is 1. The molecule has 2 aliphatic rings. The summed E-state index contributed by atoms with van der Waals surface area (Å²) in [7, 11) is 0. The summed E-state index contributed by atoms with van der Waals surface area (Å²) in [5.41, 5.74) is 0. The van der Waals surface area contributed by atoms with Gasteiger partial charge in [-0.15, -0.1) is 11.3 Å². The molecule has 2 atom stereocenters. The fourth-order valence-electron chi connectivity index (χ4n) is 3.24. The second-order valence-electron chi connectivity index (χ2n) is 5.62. The van der Waals surface area contributed by atoms with Crippen LogP contribution in [0.3, 0.4) is 0 Å². The van der Waals surface area contributed by atoms with Crippen molar-refractivity contribution >= 4 is 29.1 Å². The van der Waals surface area contributed by atoms with Gasteiger partial charge in [0.2, 0.25) is 11.8 Å². The summed E-state index contributed by atoms with van der Waals surface area (Å²) in [6.45, 7) is 2.28. The number of imide groups is 1. The molecule has 1 aliphatic carbocycles. The van der Waals surface area contributed by atoms with Crippen molar-refractivity contribution < 1.29 is 19.5 Å². The van der Waals surface area contributed by atoms with Crippen LogP contribution < -0.4 is 0 Å². The van der Waals surface area contributed by atoms with Crippen LogP contribution >= 0.6 is 11.3 Å². The maximum absolute atomic E-state index is 12.3. The van der Waals surface area contributed by atoms with E-state index in [1.54, 1.807) is 6.07 Å². The van der Waals surface area contributed by atoms with Gasteiger partial charge in [0.1, 0.15) is 4.88 Å². The highest BCUT2D eigenvalue weighted by atomic mass is 32.1. The van der Waals surface area contributed by atoms with Crippen molar-refractivity contribution in [2.45, 2.75) is 26.3 Å². The van der Waals surface area contributed by atoms with E-state index in [-0.39, 0.29) is 35.1 Å². The van der Waals surface area contributed by atoms with Crippen molar-refractivity contribution in [1.29, 1.82) is 0 Å². The van der Waals surface area contributed by atoms with Gasteiger partial charge in [-0.2, -0.15) is 0 Å². The number of carbonyl (C=O) groups excluding carboxylic acids is 2. The SMILES string of the molecule is CC1CC2C(=O)N(Cc3ccc(C(=O)O)s3)C(=O)C2C1. The van der Waals surface area contributed by atoms with Crippen molar-refractivity contribution in [2.75, 3.05) is 0 Å². The van der Waals surface area contributed by atoms with Crippen LogP contribution in [0.25, 0.3) is 0 Å². The second-order valence-corrected chi connectivity index (χ2v) is 6.79. The fourth-order valence-corrected chi connectivity index (χ4v) is 4.07. The van der Waals surface area contributed by atoms with E-state index in [2.05, 4.69) is 6.92 Å². The molecule has 0 radical (unpaired) electrons. The highest BCUT2D eigenvalue weighted by Crippen LogP contribution is 2.43. The molecule has 3 rings (SSSR count). The summed E-state index contributed by atoms with van der Waals surface area (Å²) in [5.74, 6) is -1.04. The number of nitrogens with zero attached hydrogens (tertiary/aromatic N) is 1. The molecular formula is C14H15NO4S. The molecule has 106 valence electrons. The first kappa shape index (κ1) is 13.3. The Labute approximate surface area is 120 Å². The topological polar surface area (TPSA) is 74.7 Å². The van der Waals surface area contributed by atoms with Gasteiger partial charge in [-0.05, 0) is 30.9 Å². The fraction of sp³-hybridized carbons (Fsp3) is 0.500. The van der Waals surface area contributed by atoms with Crippen LogP contribution in [0.2, 0.25) is 0 Å². The number of fused-ring (bicyclic) bond motifs is 1. The van der Waals surface area contributed by atoms with E-state index in [0.29, 0.717) is 5.92 Å². The molecule has 2 fully saturated rings. The molecule has 1 aromatic rings. The minimum Gasteiger partial charge on any atom is -0.477 e. The van der Waals surface area contributed by atoms with Crippen molar-refractivity contribution in [3.05, 3.63) is 21.9 Å². The van der Waals surface area contributed by atoms with E-state index in [1.807, 2.05) is 0 Å². The van der Waals surface area contributed by atoms with E-state index in [4.69, 9.17) is 5.11 Å². The molecule has 1 saturated heterocycles. The number of aromatic carboxylic acids is 1. The summed E-state index contributed by atoms with van der Waals surface area (Å²) < 4.78 is 0. The molecular weight excluding hydrogens is 278 g/mol. The molecule has 6 heteroatoms. The number of carbonyl (C=O) groups is 3. The lowest BCUT2D eigenvalue weighted by Crippen LogP contribution is -2.31. The Kier molecular flexibility index (Phi) is 3.12. The van der Waals surface area contributed by atoms with Crippen LogP contribution in [-0.4, -0.2) is 27.8 Å². The van der Waals surface area contributed by atoms with Crippen LogP contribution in [0, 0.1) is 17.8 Å². The molecule has 1 aliphatic heterocycles. The predicted octanol–water partition coefficient (Wildman–Crippen LogP) is 1.98. The molecule has 0 aromatic carbocycles. The average Bonchev–Trinajstić information content (AvgIpc) is 3.04. The number of hydrogen-bond donors (Lipinski definition) is 1. The zero-order valence-corrected chi connectivity index (χ0v) is 11.9. The standard InChI is InChI=1S/C14H15NO4S/c1-7-4-9-10(5-7)13(17)15(12(9)16)6-8-2-3-11(20-8)14(18)19/h2-3,7,9-10H,4-6H2,1H3,(H,18,19). The summed E-state index contributed by atoms with van der Waals surface area (Å²) in [6, 6.07) is 3.18. The Morgan fingerprint density at radius 1 is 1.30 bits per heavy atom. The highest BCUT2D eigenvalue weighted by molar-refractivity contribution is 7.13. The maximum atomic E-state index is 12.3. The molecule has 1 N–H and O–H groups in total. The van der Waals surface area contributed by atoms with E-state index >= 15 is 0 Å². The summed E-state index contributed by atoms with van der Waals surface area (Å²) in [6.07, 6.45) is 1.58. The molecule has 2 unspecified atom stereocenters. The number of hydrogen-bond acceptors (Lipinski definition) is 4.